The second-order valence-corrected chi connectivity index (χ2v) is 4.47. The zero-order valence-electron chi connectivity index (χ0n) is 11.7. The minimum absolute atomic E-state index is 0.734. The number of nitrogens with zero attached hydrogens (tertiary/aromatic N) is 2. The van der Waals surface area contributed by atoms with E-state index in [1.54, 1.807) is 0 Å². The van der Waals surface area contributed by atoms with Gasteiger partial charge >= 0.3 is 0 Å². The van der Waals surface area contributed by atoms with E-state index in [1.807, 2.05) is 25.1 Å². The average Bonchev–Trinajstić information content (AvgIpc) is 2.40. The van der Waals surface area contributed by atoms with Crippen LogP contribution in [-0.2, 0) is 0 Å². The first-order chi connectivity index (χ1) is 8.71. The van der Waals surface area contributed by atoms with Crippen molar-refractivity contribution in [2.45, 2.75) is 27.2 Å². The van der Waals surface area contributed by atoms with Gasteiger partial charge in [-0.05, 0) is 50.7 Å². The number of benzene rings is 1. The highest BCUT2D eigenvalue weighted by molar-refractivity contribution is 5.58. The topological polar surface area (TPSA) is 39.1 Å². The second kappa shape index (κ2) is 7.73. The summed E-state index contributed by atoms with van der Waals surface area (Å²) >= 11 is 0. The third-order valence-electron chi connectivity index (χ3n) is 3.16. The molecule has 0 aliphatic rings. The van der Waals surface area contributed by atoms with Crippen LogP contribution in [0.25, 0.3) is 0 Å². The predicted molar refractivity (Wildman–Crippen MR) is 76.8 cm³/mol. The van der Waals surface area contributed by atoms with Gasteiger partial charge in [0.15, 0.2) is 0 Å². The van der Waals surface area contributed by atoms with Gasteiger partial charge in [-0.25, -0.2) is 0 Å². The minimum atomic E-state index is 0.734. The average molecular weight is 245 g/mol. The van der Waals surface area contributed by atoms with E-state index in [2.05, 4.69) is 30.1 Å². The summed E-state index contributed by atoms with van der Waals surface area (Å²) in [5.41, 5.74) is 2.81. The van der Waals surface area contributed by atoms with Crippen molar-refractivity contribution in [2.24, 2.45) is 0 Å². The van der Waals surface area contributed by atoms with Crippen LogP contribution in [0.4, 0.5) is 5.69 Å². The molecule has 3 heteroatoms. The quantitative estimate of drug-likeness (QED) is 0.751. The van der Waals surface area contributed by atoms with Gasteiger partial charge in [-0.2, -0.15) is 5.26 Å². The SMILES string of the molecule is CCN(CC)CCCNc1ccc(C)cc1C#N. The van der Waals surface area contributed by atoms with Crippen molar-refractivity contribution in [3.63, 3.8) is 0 Å². The Bertz CT molecular complexity index is 403. The normalized spacial score (nSPS) is 10.4. The molecule has 0 atom stereocenters. The molecule has 1 aromatic carbocycles. The van der Waals surface area contributed by atoms with Crippen LogP contribution >= 0.6 is 0 Å². The monoisotopic (exact) mass is 245 g/mol. The fourth-order valence-corrected chi connectivity index (χ4v) is 1.97. The summed E-state index contributed by atoms with van der Waals surface area (Å²) in [6.45, 7) is 10.6. The maximum Gasteiger partial charge on any atom is 0.101 e. The van der Waals surface area contributed by atoms with E-state index < -0.39 is 0 Å². The van der Waals surface area contributed by atoms with E-state index in [0.717, 1.165) is 49.4 Å². The molecule has 0 aromatic heterocycles. The van der Waals surface area contributed by atoms with Crippen molar-refractivity contribution < 1.29 is 0 Å². The van der Waals surface area contributed by atoms with Crippen molar-refractivity contribution in [1.29, 1.82) is 5.26 Å². The van der Waals surface area contributed by atoms with Crippen LogP contribution in [0.2, 0.25) is 0 Å². The molecular formula is C15H23N3. The Hall–Kier alpha value is -1.53. The Morgan fingerprint density at radius 1 is 1.28 bits per heavy atom. The van der Waals surface area contributed by atoms with Gasteiger partial charge in [-0.15, -0.1) is 0 Å². The Balaban J connectivity index is 2.42. The summed E-state index contributed by atoms with van der Waals surface area (Å²) in [6.07, 6.45) is 1.10. The summed E-state index contributed by atoms with van der Waals surface area (Å²) in [4.78, 5) is 2.40. The second-order valence-electron chi connectivity index (χ2n) is 4.47. The van der Waals surface area contributed by atoms with Crippen molar-refractivity contribution in [3.8, 4) is 6.07 Å². The molecule has 0 aliphatic carbocycles. The van der Waals surface area contributed by atoms with Crippen molar-refractivity contribution in [2.75, 3.05) is 31.5 Å². The number of aryl methyl sites for hydroxylation is 1. The van der Waals surface area contributed by atoms with E-state index in [-0.39, 0.29) is 0 Å². The first kappa shape index (κ1) is 14.5. The molecule has 0 saturated heterocycles. The minimum Gasteiger partial charge on any atom is -0.384 e. The number of nitriles is 1. The lowest BCUT2D eigenvalue weighted by atomic mass is 10.1. The number of anilines is 1. The highest BCUT2D eigenvalue weighted by atomic mass is 15.1. The Morgan fingerprint density at radius 3 is 2.61 bits per heavy atom. The van der Waals surface area contributed by atoms with Gasteiger partial charge < -0.3 is 10.2 Å². The summed E-state index contributed by atoms with van der Waals surface area (Å²) in [6, 6.07) is 8.19. The highest BCUT2D eigenvalue weighted by Gasteiger charge is 2.02. The van der Waals surface area contributed by atoms with Gasteiger partial charge in [0.05, 0.1) is 11.3 Å². The maximum absolute atomic E-state index is 9.07. The van der Waals surface area contributed by atoms with E-state index in [1.165, 1.54) is 0 Å². The molecule has 0 aliphatic heterocycles. The molecule has 0 spiro atoms. The molecule has 98 valence electrons. The number of hydrogen-bond donors (Lipinski definition) is 1. The molecule has 0 heterocycles. The molecule has 0 radical (unpaired) electrons. The fourth-order valence-electron chi connectivity index (χ4n) is 1.97. The predicted octanol–water partition coefficient (Wildman–Crippen LogP) is 3.01. The zero-order chi connectivity index (χ0) is 13.4. The summed E-state index contributed by atoms with van der Waals surface area (Å²) < 4.78 is 0. The molecule has 1 N–H and O–H groups in total. The van der Waals surface area contributed by atoms with Gasteiger partial charge in [0.2, 0.25) is 0 Å². The first-order valence-electron chi connectivity index (χ1n) is 6.68. The third-order valence-corrected chi connectivity index (χ3v) is 3.16. The zero-order valence-corrected chi connectivity index (χ0v) is 11.7. The molecule has 0 bridgehead atoms. The lowest BCUT2D eigenvalue weighted by Crippen LogP contribution is -2.25. The molecule has 3 nitrogen and oxygen atoms in total. The van der Waals surface area contributed by atoms with Gasteiger partial charge in [-0.1, -0.05) is 19.9 Å². The molecule has 0 unspecified atom stereocenters. The summed E-state index contributed by atoms with van der Waals surface area (Å²) in [7, 11) is 0. The number of hydrogen-bond acceptors (Lipinski definition) is 3. The van der Waals surface area contributed by atoms with Crippen LogP contribution in [0.15, 0.2) is 18.2 Å². The van der Waals surface area contributed by atoms with Crippen molar-refractivity contribution >= 4 is 5.69 Å². The Labute approximate surface area is 110 Å². The van der Waals surface area contributed by atoms with E-state index in [0.29, 0.717) is 0 Å². The van der Waals surface area contributed by atoms with Crippen LogP contribution in [0.1, 0.15) is 31.4 Å². The molecular weight excluding hydrogens is 222 g/mol. The lowest BCUT2D eigenvalue weighted by Gasteiger charge is -2.18. The van der Waals surface area contributed by atoms with E-state index in [9.17, 15) is 0 Å². The van der Waals surface area contributed by atoms with Crippen LogP contribution in [0, 0.1) is 18.3 Å². The van der Waals surface area contributed by atoms with Crippen LogP contribution < -0.4 is 5.32 Å². The van der Waals surface area contributed by atoms with Gasteiger partial charge in [0, 0.05) is 6.54 Å². The fraction of sp³-hybridized carbons (Fsp3) is 0.533. The smallest absolute Gasteiger partial charge is 0.101 e. The van der Waals surface area contributed by atoms with E-state index in [4.69, 9.17) is 5.26 Å². The maximum atomic E-state index is 9.07. The summed E-state index contributed by atoms with van der Waals surface area (Å²) in [5, 5.41) is 12.4. The standard InChI is InChI=1S/C15H23N3/c1-4-18(5-2)10-6-9-17-15-8-7-13(3)11-14(15)12-16/h7-8,11,17H,4-6,9-10H2,1-3H3. The molecule has 1 rings (SSSR count). The molecule has 0 fully saturated rings. The van der Waals surface area contributed by atoms with E-state index >= 15 is 0 Å². The Kier molecular flexibility index (Phi) is 6.24. The molecule has 1 aromatic rings. The first-order valence-corrected chi connectivity index (χ1v) is 6.68. The molecule has 18 heavy (non-hydrogen) atoms. The lowest BCUT2D eigenvalue weighted by molar-refractivity contribution is 0.303. The van der Waals surface area contributed by atoms with Crippen molar-refractivity contribution in [1.82, 2.24) is 4.90 Å². The van der Waals surface area contributed by atoms with Gasteiger partial charge in [0.1, 0.15) is 6.07 Å². The molecule has 0 saturated carbocycles. The molecule has 0 amide bonds. The number of nitrogens with one attached hydrogen (secondary N) is 1. The third kappa shape index (κ3) is 4.38. The Morgan fingerprint density at radius 2 is 2.00 bits per heavy atom. The van der Waals surface area contributed by atoms with Crippen LogP contribution in [-0.4, -0.2) is 31.1 Å². The summed E-state index contributed by atoms with van der Waals surface area (Å²) in [5.74, 6) is 0. The van der Waals surface area contributed by atoms with Crippen molar-refractivity contribution in [3.05, 3.63) is 29.3 Å². The highest BCUT2D eigenvalue weighted by Crippen LogP contribution is 2.16. The number of rotatable bonds is 7. The van der Waals surface area contributed by atoms with Crippen LogP contribution in [0.3, 0.4) is 0 Å². The van der Waals surface area contributed by atoms with Gasteiger partial charge in [0.25, 0.3) is 0 Å². The van der Waals surface area contributed by atoms with Gasteiger partial charge in [-0.3, -0.25) is 0 Å². The largest absolute Gasteiger partial charge is 0.384 e. The van der Waals surface area contributed by atoms with Crippen LogP contribution in [0.5, 0.6) is 0 Å².